The minimum atomic E-state index is -0.313. The van der Waals surface area contributed by atoms with Crippen molar-refractivity contribution >= 4 is 5.91 Å². The first-order valence-electron chi connectivity index (χ1n) is 7.96. The normalized spacial score (nSPS) is 35.8. The minimum Gasteiger partial charge on any atom is -0.384 e. The number of fused-ring (bicyclic) bond motifs is 3. The molecule has 2 N–H and O–H groups in total. The Balaban J connectivity index is 1.64. The Labute approximate surface area is 121 Å². The molecule has 0 aromatic heterocycles. The van der Waals surface area contributed by atoms with Gasteiger partial charge in [0.25, 0.3) is 0 Å². The third-order valence-electron chi connectivity index (χ3n) is 5.44. The van der Waals surface area contributed by atoms with Crippen molar-refractivity contribution in [1.29, 1.82) is 0 Å². The van der Waals surface area contributed by atoms with Gasteiger partial charge in [0, 0.05) is 19.7 Å². The number of hydrogen-bond donors (Lipinski definition) is 2. The second-order valence-corrected chi connectivity index (χ2v) is 6.68. The fourth-order valence-electron chi connectivity index (χ4n) is 4.07. The standard InChI is InChI=1S/C15H27N3O2/c1-20-11-15(4-6-16-7-5-15)14(19)17-13-10-18-8-2-12(13)3-9-18/h12-13,16H,2-11H2,1H3,(H,17,19). The molecule has 114 valence electrons. The van der Waals surface area contributed by atoms with Crippen LogP contribution in [0, 0.1) is 11.3 Å². The fraction of sp³-hybridized carbons (Fsp3) is 0.933. The van der Waals surface area contributed by atoms with Crippen LogP contribution >= 0.6 is 0 Å². The quantitative estimate of drug-likeness (QED) is 0.774. The summed E-state index contributed by atoms with van der Waals surface area (Å²) in [5.74, 6) is 0.907. The van der Waals surface area contributed by atoms with Gasteiger partial charge in [0.05, 0.1) is 12.0 Å². The molecule has 0 aromatic carbocycles. The van der Waals surface area contributed by atoms with Crippen LogP contribution in [0.1, 0.15) is 25.7 Å². The zero-order valence-corrected chi connectivity index (χ0v) is 12.5. The summed E-state index contributed by atoms with van der Waals surface area (Å²) in [6.07, 6.45) is 4.25. The van der Waals surface area contributed by atoms with Crippen molar-refractivity contribution in [2.45, 2.75) is 31.7 Å². The summed E-state index contributed by atoms with van der Waals surface area (Å²) >= 11 is 0. The molecule has 0 aromatic rings. The van der Waals surface area contributed by atoms with Gasteiger partial charge in [-0.15, -0.1) is 0 Å². The number of rotatable bonds is 4. The van der Waals surface area contributed by atoms with Gasteiger partial charge in [-0.05, 0) is 57.8 Å². The van der Waals surface area contributed by atoms with Crippen LogP contribution in [-0.4, -0.2) is 63.3 Å². The van der Waals surface area contributed by atoms with E-state index in [0.29, 0.717) is 18.6 Å². The van der Waals surface area contributed by atoms with Gasteiger partial charge in [-0.25, -0.2) is 0 Å². The lowest BCUT2D eigenvalue weighted by atomic mass is 9.77. The fourth-order valence-corrected chi connectivity index (χ4v) is 4.07. The van der Waals surface area contributed by atoms with Gasteiger partial charge in [-0.1, -0.05) is 0 Å². The Morgan fingerprint density at radius 3 is 2.60 bits per heavy atom. The van der Waals surface area contributed by atoms with Gasteiger partial charge in [-0.2, -0.15) is 0 Å². The van der Waals surface area contributed by atoms with Crippen molar-refractivity contribution in [2.75, 3.05) is 46.4 Å². The predicted octanol–water partition coefficient (Wildman–Crippen LogP) is 0.213. The molecule has 2 bridgehead atoms. The summed E-state index contributed by atoms with van der Waals surface area (Å²) in [6, 6.07) is 0.355. The molecule has 0 saturated carbocycles. The van der Waals surface area contributed by atoms with Gasteiger partial charge < -0.3 is 20.3 Å². The Morgan fingerprint density at radius 2 is 2.05 bits per heavy atom. The Bertz CT molecular complexity index is 342. The molecule has 4 fully saturated rings. The van der Waals surface area contributed by atoms with Crippen LogP contribution in [0.25, 0.3) is 0 Å². The number of ether oxygens (including phenoxy) is 1. The number of nitrogens with one attached hydrogen (secondary N) is 2. The maximum Gasteiger partial charge on any atom is 0.228 e. The van der Waals surface area contributed by atoms with E-state index in [4.69, 9.17) is 4.74 Å². The molecule has 5 nitrogen and oxygen atoms in total. The average Bonchev–Trinajstić information content (AvgIpc) is 2.50. The first kappa shape index (κ1) is 14.3. The van der Waals surface area contributed by atoms with E-state index >= 15 is 0 Å². The van der Waals surface area contributed by atoms with Crippen LogP contribution in [-0.2, 0) is 9.53 Å². The molecule has 0 aliphatic carbocycles. The van der Waals surface area contributed by atoms with Crippen molar-refractivity contribution in [1.82, 2.24) is 15.5 Å². The van der Waals surface area contributed by atoms with Crippen molar-refractivity contribution < 1.29 is 9.53 Å². The third kappa shape index (κ3) is 2.71. The van der Waals surface area contributed by atoms with Crippen LogP contribution in [0.5, 0.6) is 0 Å². The summed E-state index contributed by atoms with van der Waals surface area (Å²) in [4.78, 5) is 15.3. The van der Waals surface area contributed by atoms with E-state index in [0.717, 1.165) is 32.5 Å². The summed E-state index contributed by atoms with van der Waals surface area (Å²) in [7, 11) is 1.70. The lowest BCUT2D eigenvalue weighted by molar-refractivity contribution is -0.138. The maximum absolute atomic E-state index is 12.8. The van der Waals surface area contributed by atoms with Gasteiger partial charge in [0.15, 0.2) is 0 Å². The summed E-state index contributed by atoms with van der Waals surface area (Å²) in [6.45, 7) is 5.83. The van der Waals surface area contributed by atoms with E-state index in [1.807, 2.05) is 0 Å². The molecule has 5 heteroatoms. The monoisotopic (exact) mass is 281 g/mol. The van der Waals surface area contributed by atoms with Gasteiger partial charge >= 0.3 is 0 Å². The lowest BCUT2D eigenvalue weighted by Crippen LogP contribution is -2.60. The highest BCUT2D eigenvalue weighted by atomic mass is 16.5. The number of amides is 1. The highest BCUT2D eigenvalue weighted by Gasteiger charge is 2.42. The largest absolute Gasteiger partial charge is 0.384 e. The van der Waals surface area contributed by atoms with E-state index in [9.17, 15) is 4.79 Å². The smallest absolute Gasteiger partial charge is 0.228 e. The van der Waals surface area contributed by atoms with Crippen LogP contribution in [0.4, 0.5) is 0 Å². The van der Waals surface area contributed by atoms with E-state index in [1.165, 1.54) is 25.9 Å². The SMILES string of the molecule is COCC1(C(=O)NC2CN3CCC2CC3)CCNCC1. The molecule has 1 amide bonds. The molecule has 4 rings (SSSR count). The molecule has 0 spiro atoms. The molecule has 20 heavy (non-hydrogen) atoms. The van der Waals surface area contributed by atoms with E-state index in [-0.39, 0.29) is 11.3 Å². The van der Waals surface area contributed by atoms with Crippen LogP contribution in [0.15, 0.2) is 0 Å². The molecular weight excluding hydrogens is 254 g/mol. The predicted molar refractivity (Wildman–Crippen MR) is 77.5 cm³/mol. The van der Waals surface area contributed by atoms with Gasteiger partial charge in [-0.3, -0.25) is 4.79 Å². The van der Waals surface area contributed by atoms with Gasteiger partial charge in [0.2, 0.25) is 5.91 Å². The molecule has 1 atom stereocenters. The summed E-state index contributed by atoms with van der Waals surface area (Å²) in [5.41, 5.74) is -0.313. The zero-order chi connectivity index (χ0) is 14.0. The Kier molecular flexibility index (Phi) is 4.29. The first-order chi connectivity index (χ1) is 9.73. The molecule has 1 unspecified atom stereocenters. The molecule has 4 saturated heterocycles. The van der Waals surface area contributed by atoms with Crippen LogP contribution < -0.4 is 10.6 Å². The van der Waals surface area contributed by atoms with Crippen molar-refractivity contribution in [3.63, 3.8) is 0 Å². The zero-order valence-electron chi connectivity index (χ0n) is 12.5. The lowest BCUT2D eigenvalue weighted by Gasteiger charge is -2.46. The highest BCUT2D eigenvalue weighted by molar-refractivity contribution is 5.83. The van der Waals surface area contributed by atoms with Crippen LogP contribution in [0.3, 0.4) is 0 Å². The van der Waals surface area contributed by atoms with E-state index in [1.54, 1.807) is 7.11 Å². The maximum atomic E-state index is 12.8. The Hall–Kier alpha value is -0.650. The number of hydrogen-bond acceptors (Lipinski definition) is 4. The highest BCUT2D eigenvalue weighted by Crippen LogP contribution is 2.32. The van der Waals surface area contributed by atoms with Crippen molar-refractivity contribution in [2.24, 2.45) is 11.3 Å². The van der Waals surface area contributed by atoms with Crippen LogP contribution in [0.2, 0.25) is 0 Å². The molecule has 4 heterocycles. The van der Waals surface area contributed by atoms with Crippen molar-refractivity contribution in [3.8, 4) is 0 Å². The second-order valence-electron chi connectivity index (χ2n) is 6.68. The molecule has 4 aliphatic rings. The summed E-state index contributed by atoms with van der Waals surface area (Å²) in [5, 5.41) is 6.70. The first-order valence-corrected chi connectivity index (χ1v) is 7.96. The van der Waals surface area contributed by atoms with E-state index < -0.39 is 0 Å². The third-order valence-corrected chi connectivity index (χ3v) is 5.44. The number of piperidine rings is 4. The van der Waals surface area contributed by atoms with E-state index in [2.05, 4.69) is 15.5 Å². The number of methoxy groups -OCH3 is 1. The van der Waals surface area contributed by atoms with Gasteiger partial charge in [0.1, 0.15) is 0 Å². The van der Waals surface area contributed by atoms with Crippen molar-refractivity contribution in [3.05, 3.63) is 0 Å². The topological polar surface area (TPSA) is 53.6 Å². The molecule has 4 aliphatic heterocycles. The second kappa shape index (κ2) is 6.00. The summed E-state index contributed by atoms with van der Waals surface area (Å²) < 4.78 is 5.36. The average molecular weight is 281 g/mol. The number of nitrogens with zero attached hydrogens (tertiary/aromatic N) is 1. The molecule has 0 radical (unpaired) electrons. The minimum absolute atomic E-state index is 0.222. The molecular formula is C15H27N3O2. The number of carbonyl (C=O) groups is 1. The Morgan fingerprint density at radius 1 is 1.35 bits per heavy atom. The number of carbonyl (C=O) groups excluding carboxylic acids is 1.